The molecule has 0 radical (unpaired) electrons. The summed E-state index contributed by atoms with van der Waals surface area (Å²) in [6, 6.07) is 23.4. The molecule has 2 atom stereocenters. The molecule has 8 bridgehead atoms. The Labute approximate surface area is 368 Å². The molecule has 0 aliphatic heterocycles. The molecule has 6 heteroatoms. The molecule has 0 heterocycles. The largest absolute Gasteiger partial charge is 0.493 e. The van der Waals surface area contributed by atoms with Crippen molar-refractivity contribution in [2.24, 2.45) is 0 Å². The molecule has 0 saturated carbocycles. The van der Waals surface area contributed by atoms with E-state index in [0.29, 0.717) is 36.7 Å². The SMILES string of the molecule is CCCOc1c2cccc1Cc1cc(CCP(C)C(C)(C)C)cc(c1OCCC)Cc1cccc(c1OCCC)Cc1cc(CCP(C)C(C)(C)C)cc(c1OCCC)C2. The van der Waals surface area contributed by atoms with Crippen LogP contribution in [0.5, 0.6) is 23.0 Å². The van der Waals surface area contributed by atoms with Crippen molar-refractivity contribution < 1.29 is 18.9 Å². The Bertz CT molecular complexity index is 1750. The summed E-state index contributed by atoms with van der Waals surface area (Å²) in [5.74, 6) is 4.08. The van der Waals surface area contributed by atoms with Gasteiger partial charge >= 0.3 is 0 Å². The molecule has 0 aromatic heterocycles. The van der Waals surface area contributed by atoms with E-state index in [4.69, 9.17) is 18.9 Å². The highest BCUT2D eigenvalue weighted by Crippen LogP contribution is 2.48. The van der Waals surface area contributed by atoms with Crippen molar-refractivity contribution in [2.45, 2.75) is 144 Å². The Kier molecular flexibility index (Phi) is 17.9. The first kappa shape index (κ1) is 48.0. The number of hydrogen-bond donors (Lipinski definition) is 0. The molecule has 0 N–H and O–H groups in total. The van der Waals surface area contributed by atoms with Gasteiger partial charge < -0.3 is 18.9 Å². The molecule has 4 aromatic rings. The van der Waals surface area contributed by atoms with Gasteiger partial charge in [-0.1, -0.05) is 130 Å². The van der Waals surface area contributed by atoms with E-state index in [1.807, 2.05) is 0 Å². The quantitative estimate of drug-likeness (QED) is 0.0823. The summed E-state index contributed by atoms with van der Waals surface area (Å²) in [4.78, 5) is 0. The maximum Gasteiger partial charge on any atom is 0.126 e. The van der Waals surface area contributed by atoms with Crippen LogP contribution in [0.1, 0.15) is 151 Å². The summed E-state index contributed by atoms with van der Waals surface area (Å²) in [5, 5.41) is 0.639. The first-order valence-corrected chi connectivity index (χ1v) is 27.1. The molecular formula is C54H78O4P2. The van der Waals surface area contributed by atoms with E-state index in [9.17, 15) is 0 Å². The standard InChI is InChI=1S/C54H78O4P2/c1-13-25-55-49-41-19-17-20-42(49)36-46-32-40(24-30-60(12)54(8,9)10)34-48(52(46)58-28-16-4)38-44-22-18-21-43(50(44)56-26-14-2)37-47-33-39(23-29-59(11)53(5,6)7)31-45(35-41)51(47)57-27-15-3/h17-22,31-34H,13-16,23-30,35-38H2,1-12H3. The van der Waals surface area contributed by atoms with Crippen molar-refractivity contribution in [3.05, 3.63) is 116 Å². The fraction of sp³-hybridized carbons (Fsp3) is 0.556. The average molecular weight is 853 g/mol. The maximum absolute atomic E-state index is 6.85. The number of rotatable bonds is 18. The zero-order chi connectivity index (χ0) is 43.5. The zero-order valence-electron chi connectivity index (χ0n) is 39.6. The summed E-state index contributed by atoms with van der Waals surface area (Å²) in [5.41, 5.74) is 12.6. The molecule has 0 saturated heterocycles. The summed E-state index contributed by atoms with van der Waals surface area (Å²) in [7, 11) is -0.266. The minimum atomic E-state index is -0.133. The van der Waals surface area contributed by atoms with Gasteiger partial charge in [-0.25, -0.2) is 0 Å². The first-order valence-electron chi connectivity index (χ1n) is 23.1. The lowest BCUT2D eigenvalue weighted by molar-refractivity contribution is 0.304. The van der Waals surface area contributed by atoms with E-state index >= 15 is 0 Å². The van der Waals surface area contributed by atoms with Crippen LogP contribution in [0, 0.1) is 0 Å². The van der Waals surface area contributed by atoms with Gasteiger partial charge in [-0.15, -0.1) is 15.8 Å². The van der Waals surface area contributed by atoms with Gasteiger partial charge in [0.15, 0.2) is 0 Å². The highest BCUT2D eigenvalue weighted by Gasteiger charge is 2.25. The van der Waals surface area contributed by atoms with Crippen LogP contribution >= 0.6 is 15.8 Å². The molecule has 5 rings (SSSR count). The van der Waals surface area contributed by atoms with Crippen molar-refractivity contribution >= 4 is 15.8 Å². The number of fused-ring (bicyclic) bond motifs is 8. The first-order chi connectivity index (χ1) is 28.7. The second-order valence-corrected chi connectivity index (χ2v) is 25.5. The lowest BCUT2D eigenvalue weighted by atomic mass is 9.89. The van der Waals surface area contributed by atoms with Crippen LogP contribution in [0.15, 0.2) is 60.7 Å². The van der Waals surface area contributed by atoms with E-state index in [-0.39, 0.29) is 15.8 Å². The molecule has 2 unspecified atom stereocenters. The van der Waals surface area contributed by atoms with Gasteiger partial charge in [0.05, 0.1) is 26.4 Å². The molecule has 4 nitrogen and oxygen atoms in total. The second-order valence-electron chi connectivity index (χ2n) is 19.1. The monoisotopic (exact) mass is 853 g/mol. The van der Waals surface area contributed by atoms with Gasteiger partial charge in [-0.05, 0) is 130 Å². The smallest absolute Gasteiger partial charge is 0.126 e. The number of para-hydroxylation sites is 2. The summed E-state index contributed by atoms with van der Waals surface area (Å²) < 4.78 is 27.4. The molecule has 0 amide bonds. The Hall–Kier alpha value is -3.06. The van der Waals surface area contributed by atoms with Gasteiger partial charge in [0.25, 0.3) is 0 Å². The van der Waals surface area contributed by atoms with Crippen molar-refractivity contribution in [1.82, 2.24) is 0 Å². The number of benzene rings is 4. The van der Waals surface area contributed by atoms with Gasteiger partial charge in [-0.2, -0.15) is 0 Å². The van der Waals surface area contributed by atoms with Crippen LogP contribution in [0.2, 0.25) is 0 Å². The van der Waals surface area contributed by atoms with Crippen LogP contribution in [0.4, 0.5) is 0 Å². The minimum absolute atomic E-state index is 0.133. The van der Waals surface area contributed by atoms with Crippen LogP contribution in [-0.4, -0.2) is 62.4 Å². The van der Waals surface area contributed by atoms with Crippen LogP contribution in [0.3, 0.4) is 0 Å². The molecule has 60 heavy (non-hydrogen) atoms. The molecule has 4 aromatic carbocycles. The Morgan fingerprint density at radius 2 is 0.667 bits per heavy atom. The number of ether oxygens (including phenoxy) is 4. The highest BCUT2D eigenvalue weighted by molar-refractivity contribution is 7.58. The molecule has 328 valence electrons. The van der Waals surface area contributed by atoms with E-state index < -0.39 is 0 Å². The van der Waals surface area contributed by atoms with E-state index in [1.54, 1.807) is 0 Å². The van der Waals surface area contributed by atoms with Gasteiger partial charge in [0.1, 0.15) is 23.0 Å². The third-order valence-electron chi connectivity index (χ3n) is 12.0. The second kappa shape index (κ2) is 22.3. The summed E-state index contributed by atoms with van der Waals surface area (Å²) >= 11 is 0. The zero-order valence-corrected chi connectivity index (χ0v) is 41.4. The lowest BCUT2D eigenvalue weighted by Crippen LogP contribution is -2.14. The Morgan fingerprint density at radius 3 is 0.900 bits per heavy atom. The van der Waals surface area contributed by atoms with Gasteiger partial charge in [0, 0.05) is 25.7 Å². The highest BCUT2D eigenvalue weighted by atomic mass is 31.1. The van der Waals surface area contributed by atoms with Crippen molar-refractivity contribution in [3.63, 3.8) is 0 Å². The van der Waals surface area contributed by atoms with Crippen LogP contribution < -0.4 is 18.9 Å². The Morgan fingerprint density at radius 1 is 0.417 bits per heavy atom. The van der Waals surface area contributed by atoms with E-state index in [1.165, 1.54) is 68.0 Å². The predicted octanol–water partition coefficient (Wildman–Crippen LogP) is 14.4. The molecule has 1 aliphatic carbocycles. The lowest BCUT2D eigenvalue weighted by Gasteiger charge is -2.28. The molecular weight excluding hydrogens is 775 g/mol. The normalized spacial score (nSPS) is 14.1. The van der Waals surface area contributed by atoms with E-state index in [2.05, 4.69) is 143 Å². The van der Waals surface area contributed by atoms with Crippen molar-refractivity contribution in [1.29, 1.82) is 0 Å². The fourth-order valence-corrected chi connectivity index (χ4v) is 10.5. The molecule has 1 aliphatic rings. The minimum Gasteiger partial charge on any atom is -0.493 e. The Balaban J connectivity index is 1.79. The van der Waals surface area contributed by atoms with E-state index in [0.717, 1.165) is 87.2 Å². The molecule has 0 fully saturated rings. The topological polar surface area (TPSA) is 36.9 Å². The third kappa shape index (κ3) is 13.0. The van der Waals surface area contributed by atoms with Crippen molar-refractivity contribution in [2.75, 3.05) is 52.1 Å². The number of aryl methyl sites for hydroxylation is 2. The van der Waals surface area contributed by atoms with Gasteiger partial charge in [-0.3, -0.25) is 0 Å². The predicted molar refractivity (Wildman–Crippen MR) is 262 cm³/mol. The maximum atomic E-state index is 6.85. The fourth-order valence-electron chi connectivity index (χ4n) is 7.94. The van der Waals surface area contributed by atoms with Gasteiger partial charge in [0.2, 0.25) is 0 Å². The third-order valence-corrected chi connectivity index (χ3v) is 18.4. The van der Waals surface area contributed by atoms with Crippen LogP contribution in [-0.2, 0) is 38.5 Å². The average Bonchev–Trinajstić information content (AvgIpc) is 3.19. The number of hydrogen-bond acceptors (Lipinski definition) is 4. The summed E-state index contributed by atoms with van der Waals surface area (Å²) in [6.07, 6.45) is 11.3. The van der Waals surface area contributed by atoms with Crippen LogP contribution in [0.25, 0.3) is 0 Å². The molecule has 0 spiro atoms. The summed E-state index contributed by atoms with van der Waals surface area (Å²) in [6.45, 7) is 30.8. The van der Waals surface area contributed by atoms with Crippen molar-refractivity contribution in [3.8, 4) is 23.0 Å².